The van der Waals surface area contributed by atoms with Gasteiger partial charge in [-0.05, 0) is 37.0 Å². The Bertz CT molecular complexity index is 519. The van der Waals surface area contributed by atoms with Crippen LogP contribution in [-0.4, -0.2) is 25.7 Å². The first kappa shape index (κ1) is 14.5. The standard InChI is InChI=1S/C15H17FN2O2/c16-13-3-1-2-12(10-13)4-7-18-14(19)15(11-17)5-8-20-9-6-15/h1-3,10H,4-9H2,(H,18,19). The van der Waals surface area contributed by atoms with Crippen molar-refractivity contribution in [3.63, 3.8) is 0 Å². The highest BCUT2D eigenvalue weighted by molar-refractivity contribution is 5.85. The number of amides is 1. The van der Waals surface area contributed by atoms with E-state index < -0.39 is 5.41 Å². The van der Waals surface area contributed by atoms with Crippen LogP contribution in [0.2, 0.25) is 0 Å². The van der Waals surface area contributed by atoms with E-state index in [0.29, 0.717) is 39.0 Å². The minimum Gasteiger partial charge on any atom is -0.381 e. The van der Waals surface area contributed by atoms with Gasteiger partial charge in [-0.2, -0.15) is 5.26 Å². The molecule has 1 amide bonds. The van der Waals surface area contributed by atoms with Crippen LogP contribution in [0.4, 0.5) is 4.39 Å². The van der Waals surface area contributed by atoms with Gasteiger partial charge in [-0.25, -0.2) is 4.39 Å². The predicted octanol–water partition coefficient (Wildman–Crippen LogP) is 1.80. The van der Waals surface area contributed by atoms with Crippen molar-refractivity contribution >= 4 is 5.91 Å². The first-order valence-corrected chi connectivity index (χ1v) is 6.68. The van der Waals surface area contributed by atoms with Crippen LogP contribution in [0.3, 0.4) is 0 Å². The predicted molar refractivity (Wildman–Crippen MR) is 71.2 cm³/mol. The van der Waals surface area contributed by atoms with E-state index in [4.69, 9.17) is 4.74 Å². The second-order valence-corrected chi connectivity index (χ2v) is 4.94. The Hall–Kier alpha value is -1.93. The first-order valence-electron chi connectivity index (χ1n) is 6.68. The molecule has 0 aliphatic carbocycles. The summed E-state index contributed by atoms with van der Waals surface area (Å²) in [5, 5.41) is 12.0. The molecule has 1 heterocycles. The van der Waals surface area contributed by atoms with Crippen LogP contribution in [0.15, 0.2) is 24.3 Å². The van der Waals surface area contributed by atoms with Gasteiger partial charge in [0.2, 0.25) is 5.91 Å². The number of carbonyl (C=O) groups excluding carboxylic acids is 1. The maximum Gasteiger partial charge on any atom is 0.240 e. The third kappa shape index (κ3) is 3.34. The van der Waals surface area contributed by atoms with Gasteiger partial charge >= 0.3 is 0 Å². The maximum atomic E-state index is 13.0. The quantitative estimate of drug-likeness (QED) is 0.912. The molecule has 0 radical (unpaired) electrons. The fraction of sp³-hybridized carbons (Fsp3) is 0.467. The van der Waals surface area contributed by atoms with Crippen molar-refractivity contribution in [2.45, 2.75) is 19.3 Å². The van der Waals surface area contributed by atoms with E-state index in [9.17, 15) is 14.4 Å². The van der Waals surface area contributed by atoms with Crippen LogP contribution in [0, 0.1) is 22.6 Å². The van der Waals surface area contributed by atoms with Gasteiger partial charge in [0.15, 0.2) is 0 Å². The lowest BCUT2D eigenvalue weighted by Crippen LogP contribution is -2.44. The molecular weight excluding hydrogens is 259 g/mol. The molecule has 1 saturated heterocycles. The molecule has 0 spiro atoms. The van der Waals surface area contributed by atoms with Crippen molar-refractivity contribution in [2.75, 3.05) is 19.8 Å². The van der Waals surface area contributed by atoms with Crippen LogP contribution in [-0.2, 0) is 16.0 Å². The number of ether oxygens (including phenoxy) is 1. The molecule has 1 aromatic carbocycles. The smallest absolute Gasteiger partial charge is 0.240 e. The van der Waals surface area contributed by atoms with Gasteiger partial charge in [0.1, 0.15) is 11.2 Å². The van der Waals surface area contributed by atoms with E-state index in [1.807, 2.05) is 6.07 Å². The number of carbonyl (C=O) groups is 1. The molecule has 1 aliphatic heterocycles. The Kier molecular flexibility index (Phi) is 4.70. The average molecular weight is 276 g/mol. The second kappa shape index (κ2) is 6.49. The van der Waals surface area contributed by atoms with E-state index >= 15 is 0 Å². The van der Waals surface area contributed by atoms with Gasteiger partial charge in [-0.1, -0.05) is 12.1 Å². The lowest BCUT2D eigenvalue weighted by molar-refractivity contribution is -0.132. The van der Waals surface area contributed by atoms with E-state index in [2.05, 4.69) is 11.4 Å². The fourth-order valence-electron chi connectivity index (χ4n) is 2.29. The molecule has 106 valence electrons. The van der Waals surface area contributed by atoms with E-state index in [0.717, 1.165) is 5.56 Å². The molecule has 5 heteroatoms. The van der Waals surface area contributed by atoms with Crippen molar-refractivity contribution in [3.8, 4) is 6.07 Å². The molecule has 1 fully saturated rings. The van der Waals surface area contributed by atoms with Gasteiger partial charge in [0, 0.05) is 19.8 Å². The number of nitriles is 1. The number of halogens is 1. The Balaban J connectivity index is 1.87. The van der Waals surface area contributed by atoms with Crippen molar-refractivity contribution in [2.24, 2.45) is 5.41 Å². The highest BCUT2D eigenvalue weighted by Crippen LogP contribution is 2.29. The SMILES string of the molecule is N#CC1(C(=O)NCCc2cccc(F)c2)CCOCC1. The number of hydrogen-bond donors (Lipinski definition) is 1. The third-order valence-electron chi connectivity index (χ3n) is 3.58. The molecule has 0 aromatic heterocycles. The van der Waals surface area contributed by atoms with E-state index in [-0.39, 0.29) is 11.7 Å². The van der Waals surface area contributed by atoms with Crippen LogP contribution in [0.5, 0.6) is 0 Å². The average Bonchev–Trinajstić information content (AvgIpc) is 2.48. The van der Waals surface area contributed by atoms with Crippen molar-refractivity contribution in [1.29, 1.82) is 5.26 Å². The summed E-state index contributed by atoms with van der Waals surface area (Å²) in [4.78, 5) is 12.1. The number of rotatable bonds is 4. The summed E-state index contributed by atoms with van der Waals surface area (Å²) >= 11 is 0. The van der Waals surface area contributed by atoms with Gasteiger partial charge < -0.3 is 10.1 Å². The summed E-state index contributed by atoms with van der Waals surface area (Å²) in [5.41, 5.74) is -0.150. The summed E-state index contributed by atoms with van der Waals surface area (Å²) < 4.78 is 18.2. The molecule has 0 atom stereocenters. The molecule has 0 unspecified atom stereocenters. The molecule has 1 aromatic rings. The fourth-order valence-corrected chi connectivity index (χ4v) is 2.29. The highest BCUT2D eigenvalue weighted by Gasteiger charge is 2.40. The van der Waals surface area contributed by atoms with E-state index in [1.165, 1.54) is 12.1 Å². The summed E-state index contributed by atoms with van der Waals surface area (Å²) in [6.07, 6.45) is 1.39. The van der Waals surface area contributed by atoms with Crippen molar-refractivity contribution in [1.82, 2.24) is 5.32 Å². The lowest BCUT2D eigenvalue weighted by Gasteiger charge is -2.29. The summed E-state index contributed by atoms with van der Waals surface area (Å²) in [6, 6.07) is 8.40. The lowest BCUT2D eigenvalue weighted by atomic mass is 9.81. The number of benzene rings is 1. The largest absolute Gasteiger partial charge is 0.381 e. The molecule has 0 saturated carbocycles. The summed E-state index contributed by atoms with van der Waals surface area (Å²) in [5.74, 6) is -0.536. The van der Waals surface area contributed by atoms with Crippen LogP contribution >= 0.6 is 0 Å². The van der Waals surface area contributed by atoms with Crippen molar-refractivity contribution in [3.05, 3.63) is 35.6 Å². The summed E-state index contributed by atoms with van der Waals surface area (Å²) in [7, 11) is 0. The van der Waals surface area contributed by atoms with Crippen molar-refractivity contribution < 1.29 is 13.9 Å². The number of nitrogens with one attached hydrogen (secondary N) is 1. The Morgan fingerprint density at radius 3 is 2.85 bits per heavy atom. The molecule has 1 aliphatic rings. The molecule has 0 bridgehead atoms. The normalized spacial score (nSPS) is 17.2. The zero-order valence-electron chi connectivity index (χ0n) is 11.2. The molecular formula is C15H17FN2O2. The summed E-state index contributed by atoms with van der Waals surface area (Å²) in [6.45, 7) is 1.27. The first-order chi connectivity index (χ1) is 9.66. The Morgan fingerprint density at radius 1 is 1.45 bits per heavy atom. The minimum atomic E-state index is -0.972. The maximum absolute atomic E-state index is 13.0. The van der Waals surface area contributed by atoms with Crippen LogP contribution in [0.25, 0.3) is 0 Å². The Morgan fingerprint density at radius 2 is 2.20 bits per heavy atom. The second-order valence-electron chi connectivity index (χ2n) is 4.94. The van der Waals surface area contributed by atoms with Gasteiger partial charge in [-0.15, -0.1) is 0 Å². The Labute approximate surface area is 117 Å². The molecule has 2 rings (SSSR count). The topological polar surface area (TPSA) is 62.1 Å². The number of hydrogen-bond acceptors (Lipinski definition) is 3. The van der Waals surface area contributed by atoms with Gasteiger partial charge in [0.25, 0.3) is 0 Å². The molecule has 20 heavy (non-hydrogen) atoms. The monoisotopic (exact) mass is 276 g/mol. The van der Waals surface area contributed by atoms with E-state index in [1.54, 1.807) is 6.07 Å². The number of nitrogens with zero attached hydrogens (tertiary/aromatic N) is 1. The third-order valence-corrected chi connectivity index (χ3v) is 3.58. The molecule has 1 N–H and O–H groups in total. The minimum absolute atomic E-state index is 0.250. The van der Waals surface area contributed by atoms with Crippen LogP contribution in [0.1, 0.15) is 18.4 Å². The van der Waals surface area contributed by atoms with Gasteiger partial charge in [0.05, 0.1) is 6.07 Å². The highest BCUT2D eigenvalue weighted by atomic mass is 19.1. The van der Waals surface area contributed by atoms with Crippen LogP contribution < -0.4 is 5.32 Å². The van der Waals surface area contributed by atoms with Gasteiger partial charge in [-0.3, -0.25) is 4.79 Å². The molecule has 4 nitrogen and oxygen atoms in total. The zero-order chi connectivity index (χ0) is 14.4. The zero-order valence-corrected chi connectivity index (χ0v) is 11.2.